The Labute approximate surface area is 148 Å². The quantitative estimate of drug-likeness (QED) is 0.740. The SMILES string of the molecule is O=C(c1ncccn1)N1CCC2(CC1)OCCC2CCOCC1CC1. The summed E-state index contributed by atoms with van der Waals surface area (Å²) < 4.78 is 12.0. The van der Waals surface area contributed by atoms with Crippen LogP contribution in [0.25, 0.3) is 0 Å². The molecule has 1 spiro atoms. The molecule has 0 bridgehead atoms. The normalized spacial score (nSPS) is 25.4. The number of carbonyl (C=O) groups is 1. The van der Waals surface area contributed by atoms with Gasteiger partial charge in [-0.25, -0.2) is 9.97 Å². The Hall–Kier alpha value is -1.53. The van der Waals surface area contributed by atoms with Gasteiger partial charge in [0.1, 0.15) is 0 Å². The largest absolute Gasteiger partial charge is 0.381 e. The number of hydrogen-bond acceptors (Lipinski definition) is 5. The molecular weight excluding hydrogens is 318 g/mol. The predicted octanol–water partition coefficient (Wildman–Crippen LogP) is 2.30. The zero-order valence-electron chi connectivity index (χ0n) is 14.7. The van der Waals surface area contributed by atoms with Crippen LogP contribution in [-0.2, 0) is 9.47 Å². The number of piperidine rings is 1. The van der Waals surface area contributed by atoms with E-state index >= 15 is 0 Å². The van der Waals surface area contributed by atoms with Crippen molar-refractivity contribution >= 4 is 5.91 Å². The van der Waals surface area contributed by atoms with Crippen molar-refractivity contribution in [2.24, 2.45) is 11.8 Å². The van der Waals surface area contributed by atoms with Gasteiger partial charge in [0.05, 0.1) is 5.60 Å². The number of amides is 1. The monoisotopic (exact) mass is 345 g/mol. The molecule has 6 nitrogen and oxygen atoms in total. The summed E-state index contributed by atoms with van der Waals surface area (Å²) in [7, 11) is 0. The molecule has 1 aromatic heterocycles. The van der Waals surface area contributed by atoms with Crippen molar-refractivity contribution in [1.29, 1.82) is 0 Å². The van der Waals surface area contributed by atoms with Crippen LogP contribution in [0.1, 0.15) is 49.1 Å². The second-order valence-electron chi connectivity index (χ2n) is 7.57. The molecule has 136 valence electrons. The first kappa shape index (κ1) is 16.9. The van der Waals surface area contributed by atoms with Gasteiger partial charge in [-0.15, -0.1) is 0 Å². The Morgan fingerprint density at radius 1 is 1.24 bits per heavy atom. The maximum absolute atomic E-state index is 12.5. The first-order chi connectivity index (χ1) is 12.3. The van der Waals surface area contributed by atoms with Crippen molar-refractivity contribution in [3.8, 4) is 0 Å². The smallest absolute Gasteiger partial charge is 0.291 e. The highest BCUT2D eigenvalue weighted by Crippen LogP contribution is 2.42. The molecule has 1 saturated carbocycles. The molecule has 3 aliphatic rings. The third-order valence-corrected chi connectivity index (χ3v) is 5.92. The second kappa shape index (κ2) is 7.38. The number of nitrogens with zero attached hydrogens (tertiary/aromatic N) is 3. The predicted molar refractivity (Wildman–Crippen MR) is 92.1 cm³/mol. The van der Waals surface area contributed by atoms with Crippen LogP contribution in [0.2, 0.25) is 0 Å². The topological polar surface area (TPSA) is 64.6 Å². The number of aromatic nitrogens is 2. The molecule has 3 fully saturated rings. The van der Waals surface area contributed by atoms with E-state index in [9.17, 15) is 4.79 Å². The lowest BCUT2D eigenvalue weighted by Gasteiger charge is -2.42. The van der Waals surface area contributed by atoms with Crippen molar-refractivity contribution in [2.45, 2.75) is 44.1 Å². The zero-order chi connectivity index (χ0) is 17.1. The third-order valence-electron chi connectivity index (χ3n) is 5.92. The van der Waals surface area contributed by atoms with Crippen LogP contribution < -0.4 is 0 Å². The number of hydrogen-bond donors (Lipinski definition) is 0. The zero-order valence-corrected chi connectivity index (χ0v) is 14.7. The van der Waals surface area contributed by atoms with Crippen LogP contribution in [0.3, 0.4) is 0 Å². The third kappa shape index (κ3) is 3.85. The summed E-state index contributed by atoms with van der Waals surface area (Å²) in [5.41, 5.74) is -0.0583. The Kier molecular flexibility index (Phi) is 4.99. The minimum atomic E-state index is -0.0715. The Morgan fingerprint density at radius 3 is 2.72 bits per heavy atom. The number of carbonyl (C=O) groups excluding carboxylic acids is 1. The Morgan fingerprint density at radius 2 is 2.00 bits per heavy atom. The minimum Gasteiger partial charge on any atom is -0.381 e. The fraction of sp³-hybridized carbons (Fsp3) is 0.737. The molecule has 0 radical (unpaired) electrons. The van der Waals surface area contributed by atoms with Gasteiger partial charge in [-0.2, -0.15) is 0 Å². The minimum absolute atomic E-state index is 0.0583. The summed E-state index contributed by atoms with van der Waals surface area (Å²) in [4.78, 5) is 22.5. The second-order valence-corrected chi connectivity index (χ2v) is 7.57. The van der Waals surface area contributed by atoms with E-state index in [0.717, 1.165) is 64.5 Å². The van der Waals surface area contributed by atoms with Gasteiger partial charge in [-0.3, -0.25) is 4.79 Å². The van der Waals surface area contributed by atoms with Gasteiger partial charge in [0.2, 0.25) is 5.82 Å². The van der Waals surface area contributed by atoms with E-state index in [2.05, 4.69) is 9.97 Å². The molecule has 1 amide bonds. The molecule has 4 rings (SSSR count). The van der Waals surface area contributed by atoms with Crippen molar-refractivity contribution in [2.75, 3.05) is 32.9 Å². The van der Waals surface area contributed by atoms with Crippen LogP contribution in [0, 0.1) is 11.8 Å². The van der Waals surface area contributed by atoms with Crippen LogP contribution in [0.4, 0.5) is 0 Å². The van der Waals surface area contributed by atoms with Gasteiger partial charge in [0.25, 0.3) is 5.91 Å². The van der Waals surface area contributed by atoms with Gasteiger partial charge in [-0.05, 0) is 56.4 Å². The van der Waals surface area contributed by atoms with Gasteiger partial charge in [0, 0.05) is 45.3 Å². The van der Waals surface area contributed by atoms with Crippen molar-refractivity contribution in [1.82, 2.24) is 14.9 Å². The fourth-order valence-corrected chi connectivity index (χ4v) is 4.14. The van der Waals surface area contributed by atoms with E-state index in [1.54, 1.807) is 18.5 Å². The van der Waals surface area contributed by atoms with E-state index in [-0.39, 0.29) is 17.3 Å². The van der Waals surface area contributed by atoms with Gasteiger partial charge >= 0.3 is 0 Å². The van der Waals surface area contributed by atoms with Crippen molar-refractivity contribution in [3.63, 3.8) is 0 Å². The lowest BCUT2D eigenvalue weighted by atomic mass is 9.78. The van der Waals surface area contributed by atoms with E-state index in [4.69, 9.17) is 9.47 Å². The number of likely N-dealkylation sites (tertiary alicyclic amines) is 1. The van der Waals surface area contributed by atoms with E-state index in [1.807, 2.05) is 4.90 Å². The molecule has 2 saturated heterocycles. The Bertz CT molecular complexity index is 583. The summed E-state index contributed by atoms with van der Waals surface area (Å²) in [6.45, 7) is 4.04. The molecule has 1 atom stereocenters. The summed E-state index contributed by atoms with van der Waals surface area (Å²) >= 11 is 0. The Balaban J connectivity index is 1.29. The molecule has 3 heterocycles. The van der Waals surface area contributed by atoms with E-state index < -0.39 is 0 Å². The molecule has 0 N–H and O–H groups in total. The summed E-state index contributed by atoms with van der Waals surface area (Å²) in [5.74, 6) is 1.59. The maximum atomic E-state index is 12.5. The van der Waals surface area contributed by atoms with Gasteiger partial charge < -0.3 is 14.4 Å². The molecule has 1 unspecified atom stereocenters. The highest BCUT2D eigenvalue weighted by Gasteiger charge is 2.46. The molecular formula is C19H27N3O3. The van der Waals surface area contributed by atoms with Crippen molar-refractivity contribution < 1.29 is 14.3 Å². The van der Waals surface area contributed by atoms with Crippen LogP contribution in [0.5, 0.6) is 0 Å². The van der Waals surface area contributed by atoms with E-state index in [1.165, 1.54) is 12.8 Å². The summed E-state index contributed by atoms with van der Waals surface area (Å²) in [6, 6.07) is 1.73. The molecule has 1 aromatic rings. The average molecular weight is 345 g/mol. The van der Waals surface area contributed by atoms with Crippen LogP contribution in [-0.4, -0.2) is 59.3 Å². The van der Waals surface area contributed by atoms with Crippen LogP contribution >= 0.6 is 0 Å². The average Bonchev–Trinajstić information content (AvgIpc) is 3.41. The first-order valence-electron chi connectivity index (χ1n) is 9.55. The van der Waals surface area contributed by atoms with Gasteiger partial charge in [-0.1, -0.05) is 0 Å². The lowest BCUT2D eigenvalue weighted by Crippen LogP contribution is -2.49. The lowest BCUT2D eigenvalue weighted by molar-refractivity contribution is -0.0674. The molecule has 6 heteroatoms. The molecule has 25 heavy (non-hydrogen) atoms. The standard InChI is InChI=1S/C19H27N3O3/c23-18(17-20-8-1-9-21-17)22-10-6-19(7-11-22)16(5-13-25-19)4-12-24-14-15-2-3-15/h1,8-9,15-16H,2-7,10-14H2. The maximum Gasteiger partial charge on any atom is 0.291 e. The number of rotatable bonds is 6. The van der Waals surface area contributed by atoms with Crippen LogP contribution in [0.15, 0.2) is 18.5 Å². The molecule has 2 aliphatic heterocycles. The van der Waals surface area contributed by atoms with Gasteiger partial charge in [0.15, 0.2) is 0 Å². The van der Waals surface area contributed by atoms with E-state index in [0.29, 0.717) is 5.92 Å². The summed E-state index contributed by atoms with van der Waals surface area (Å²) in [6.07, 6.45) is 9.90. The number of ether oxygens (including phenoxy) is 2. The molecule has 0 aromatic carbocycles. The highest BCUT2D eigenvalue weighted by atomic mass is 16.5. The fourth-order valence-electron chi connectivity index (χ4n) is 4.14. The summed E-state index contributed by atoms with van der Waals surface area (Å²) in [5, 5.41) is 0. The molecule has 1 aliphatic carbocycles. The van der Waals surface area contributed by atoms with Crippen molar-refractivity contribution in [3.05, 3.63) is 24.3 Å². The highest BCUT2D eigenvalue weighted by molar-refractivity contribution is 5.90. The first-order valence-corrected chi connectivity index (χ1v) is 9.55.